The highest BCUT2D eigenvalue weighted by molar-refractivity contribution is 7.95. The van der Waals surface area contributed by atoms with E-state index >= 15 is 0 Å². The van der Waals surface area contributed by atoms with Gasteiger partial charge < -0.3 is 4.18 Å². The van der Waals surface area contributed by atoms with Crippen LogP contribution in [-0.2, 0) is 8.98 Å². The van der Waals surface area contributed by atoms with Crippen molar-refractivity contribution in [3.05, 3.63) is 102 Å². The summed E-state index contributed by atoms with van der Waals surface area (Å²) in [6.07, 6.45) is 2.97. The van der Waals surface area contributed by atoms with E-state index in [4.69, 9.17) is 4.18 Å². The van der Waals surface area contributed by atoms with E-state index in [1.54, 1.807) is 0 Å². The van der Waals surface area contributed by atoms with E-state index in [-0.39, 0.29) is 17.3 Å². The third kappa shape index (κ3) is 4.00. The van der Waals surface area contributed by atoms with Crippen LogP contribution >= 0.6 is 12.0 Å². The molecule has 28 heavy (non-hydrogen) atoms. The van der Waals surface area contributed by atoms with Crippen LogP contribution in [0.3, 0.4) is 0 Å². The van der Waals surface area contributed by atoms with Crippen LogP contribution in [0.4, 0.5) is 0 Å². The lowest BCUT2D eigenvalue weighted by atomic mass is 9.71. The first-order valence-electron chi connectivity index (χ1n) is 9.74. The van der Waals surface area contributed by atoms with Gasteiger partial charge >= 0.3 is 5.97 Å². The van der Waals surface area contributed by atoms with Crippen molar-refractivity contribution in [1.82, 2.24) is 0 Å². The SMILES string of the molecule is CC1(C(=O)OSc2cccc(C(c3ccccc3)c3ccccc3)c2)CCC1. The third-order valence-electron chi connectivity index (χ3n) is 5.62. The molecule has 0 aliphatic heterocycles. The van der Waals surface area contributed by atoms with E-state index in [1.165, 1.54) is 28.7 Å². The molecule has 2 nitrogen and oxygen atoms in total. The highest BCUT2D eigenvalue weighted by Crippen LogP contribution is 2.43. The normalized spacial score (nSPS) is 15.1. The van der Waals surface area contributed by atoms with Gasteiger partial charge in [0.25, 0.3) is 0 Å². The number of carbonyl (C=O) groups excluding carboxylic acids is 1. The number of carbonyl (C=O) groups is 1. The summed E-state index contributed by atoms with van der Waals surface area (Å²) in [5.74, 6) is 0.0413. The molecule has 0 spiro atoms. The monoisotopic (exact) mass is 388 g/mol. The second-order valence-electron chi connectivity index (χ2n) is 7.70. The molecule has 0 radical (unpaired) electrons. The minimum absolute atomic E-state index is 0.100. The predicted octanol–water partition coefficient (Wildman–Crippen LogP) is 6.61. The molecule has 0 bridgehead atoms. The van der Waals surface area contributed by atoms with Gasteiger partial charge in [0, 0.05) is 10.8 Å². The fourth-order valence-corrected chi connectivity index (χ4v) is 4.40. The highest BCUT2D eigenvalue weighted by atomic mass is 32.2. The van der Waals surface area contributed by atoms with Gasteiger partial charge in [0.15, 0.2) is 0 Å². The first kappa shape index (κ1) is 18.8. The smallest absolute Gasteiger partial charge is 0.324 e. The van der Waals surface area contributed by atoms with Crippen molar-refractivity contribution in [3.8, 4) is 0 Å². The Morgan fingerprint density at radius 1 is 0.857 bits per heavy atom. The van der Waals surface area contributed by atoms with Crippen LogP contribution in [0.5, 0.6) is 0 Å². The van der Waals surface area contributed by atoms with Gasteiger partial charge in [0.2, 0.25) is 0 Å². The molecule has 0 unspecified atom stereocenters. The van der Waals surface area contributed by atoms with Gasteiger partial charge in [-0.1, -0.05) is 79.2 Å². The first-order valence-corrected chi connectivity index (χ1v) is 10.5. The van der Waals surface area contributed by atoms with E-state index in [2.05, 4.69) is 60.7 Å². The molecule has 3 aromatic carbocycles. The number of hydrogen-bond acceptors (Lipinski definition) is 3. The minimum Gasteiger partial charge on any atom is -0.386 e. The van der Waals surface area contributed by atoms with Gasteiger partial charge in [-0.2, -0.15) is 0 Å². The minimum atomic E-state index is -0.290. The van der Waals surface area contributed by atoms with Crippen LogP contribution in [0.15, 0.2) is 89.8 Å². The Kier molecular flexibility index (Phi) is 5.54. The van der Waals surface area contributed by atoms with Crippen LogP contribution < -0.4 is 0 Å². The highest BCUT2D eigenvalue weighted by Gasteiger charge is 2.41. The Morgan fingerprint density at radius 2 is 1.43 bits per heavy atom. The zero-order chi connectivity index (χ0) is 19.4. The molecule has 1 aliphatic carbocycles. The summed E-state index contributed by atoms with van der Waals surface area (Å²) in [6, 6.07) is 29.3. The molecule has 0 heterocycles. The van der Waals surface area contributed by atoms with Crippen molar-refractivity contribution < 1.29 is 8.98 Å². The molecule has 1 saturated carbocycles. The van der Waals surface area contributed by atoms with Crippen LogP contribution in [0.1, 0.15) is 48.8 Å². The van der Waals surface area contributed by atoms with Crippen LogP contribution in [0, 0.1) is 5.41 Å². The summed E-state index contributed by atoms with van der Waals surface area (Å²) in [7, 11) is 0. The Morgan fingerprint density at radius 3 is 1.96 bits per heavy atom. The molecule has 3 heteroatoms. The van der Waals surface area contributed by atoms with Crippen LogP contribution in [0.2, 0.25) is 0 Å². The van der Waals surface area contributed by atoms with Gasteiger partial charge in [0.1, 0.15) is 0 Å². The second kappa shape index (κ2) is 8.24. The van der Waals surface area contributed by atoms with Crippen molar-refractivity contribution in [2.45, 2.75) is 37.0 Å². The molecule has 0 amide bonds. The van der Waals surface area contributed by atoms with Crippen molar-refractivity contribution in [3.63, 3.8) is 0 Å². The van der Waals surface area contributed by atoms with Gasteiger partial charge in [-0.05, 0) is 48.6 Å². The van der Waals surface area contributed by atoms with Crippen molar-refractivity contribution in [2.24, 2.45) is 5.41 Å². The summed E-state index contributed by atoms with van der Waals surface area (Å²) < 4.78 is 5.56. The lowest BCUT2D eigenvalue weighted by Crippen LogP contribution is -2.35. The Hall–Kier alpha value is -2.52. The zero-order valence-electron chi connectivity index (χ0n) is 16.0. The molecule has 1 fully saturated rings. The van der Waals surface area contributed by atoms with Gasteiger partial charge in [-0.15, -0.1) is 0 Å². The zero-order valence-corrected chi connectivity index (χ0v) is 16.8. The molecule has 0 saturated heterocycles. The van der Waals surface area contributed by atoms with Crippen molar-refractivity contribution in [2.75, 3.05) is 0 Å². The van der Waals surface area contributed by atoms with E-state index in [1.807, 2.05) is 31.2 Å². The first-order chi connectivity index (χ1) is 13.7. The summed E-state index contributed by atoms with van der Waals surface area (Å²) in [5, 5.41) is 0. The lowest BCUT2D eigenvalue weighted by Gasteiger charge is -2.34. The summed E-state index contributed by atoms with van der Waals surface area (Å²) in [6.45, 7) is 2.00. The van der Waals surface area contributed by atoms with E-state index in [0.717, 1.165) is 24.2 Å². The Labute approximate surface area is 171 Å². The average molecular weight is 389 g/mol. The maximum Gasteiger partial charge on any atom is 0.324 e. The van der Waals surface area contributed by atoms with Crippen LogP contribution in [0.25, 0.3) is 0 Å². The summed E-state index contributed by atoms with van der Waals surface area (Å²) >= 11 is 1.18. The average Bonchev–Trinajstić information content (AvgIpc) is 2.72. The third-order valence-corrected chi connectivity index (χ3v) is 6.30. The topological polar surface area (TPSA) is 26.3 Å². The van der Waals surface area contributed by atoms with Crippen molar-refractivity contribution in [1.29, 1.82) is 0 Å². The van der Waals surface area contributed by atoms with Crippen molar-refractivity contribution >= 4 is 18.0 Å². The number of benzene rings is 3. The van der Waals surface area contributed by atoms with Crippen LogP contribution in [-0.4, -0.2) is 5.97 Å². The molecule has 142 valence electrons. The molecule has 1 aliphatic rings. The Balaban J connectivity index is 1.59. The molecule has 0 atom stereocenters. The van der Waals surface area contributed by atoms with E-state index in [9.17, 15) is 4.79 Å². The standard InChI is InChI=1S/C25H24O2S/c1-25(16-9-17-25)24(26)27-28-22-15-8-14-21(18-22)23(19-10-4-2-5-11-19)20-12-6-3-7-13-20/h2-8,10-15,18,23H,9,16-17H2,1H3. The Bertz CT molecular complexity index is 894. The predicted molar refractivity (Wildman–Crippen MR) is 114 cm³/mol. The molecular weight excluding hydrogens is 364 g/mol. The molecule has 0 N–H and O–H groups in total. The van der Waals surface area contributed by atoms with E-state index < -0.39 is 0 Å². The number of hydrogen-bond donors (Lipinski definition) is 0. The maximum atomic E-state index is 12.3. The second-order valence-corrected chi connectivity index (χ2v) is 8.50. The van der Waals surface area contributed by atoms with E-state index in [0.29, 0.717) is 0 Å². The molecule has 3 aromatic rings. The largest absolute Gasteiger partial charge is 0.386 e. The van der Waals surface area contributed by atoms with Gasteiger partial charge in [-0.3, -0.25) is 4.79 Å². The maximum absolute atomic E-state index is 12.3. The molecule has 4 rings (SSSR count). The fourth-order valence-electron chi connectivity index (χ4n) is 3.71. The van der Waals surface area contributed by atoms with Gasteiger partial charge in [0.05, 0.1) is 17.5 Å². The number of rotatable bonds is 6. The van der Waals surface area contributed by atoms with Gasteiger partial charge in [-0.25, -0.2) is 0 Å². The summed E-state index contributed by atoms with van der Waals surface area (Å²) in [5.41, 5.74) is 3.39. The fraction of sp³-hybridized carbons (Fsp3) is 0.240. The quantitative estimate of drug-likeness (QED) is 0.351. The molecular formula is C25H24O2S. The summed E-state index contributed by atoms with van der Waals surface area (Å²) in [4.78, 5) is 13.3. The molecule has 0 aromatic heterocycles. The lowest BCUT2D eigenvalue weighted by molar-refractivity contribution is -0.148.